The largest absolute Gasteiger partial charge is 0.409 e. The molecule has 0 saturated heterocycles. The molecule has 14 heavy (non-hydrogen) atoms. The molecule has 0 radical (unpaired) electrons. The molecule has 4 N–H and O–H groups in total. The van der Waals surface area contributed by atoms with Gasteiger partial charge in [-0.3, -0.25) is 9.00 Å². The van der Waals surface area contributed by atoms with E-state index in [9.17, 15) is 9.00 Å². The molecule has 0 rings (SSSR count). The van der Waals surface area contributed by atoms with Crippen LogP contribution >= 0.6 is 0 Å². The molecular weight excluding hydrogens is 206 g/mol. The molecule has 0 aromatic carbocycles. The third kappa shape index (κ3) is 6.41. The van der Waals surface area contributed by atoms with Crippen LogP contribution in [0.3, 0.4) is 0 Å². The molecule has 1 amide bonds. The van der Waals surface area contributed by atoms with Gasteiger partial charge >= 0.3 is 0 Å². The van der Waals surface area contributed by atoms with Crippen LogP contribution in [-0.2, 0) is 15.6 Å². The van der Waals surface area contributed by atoms with E-state index in [-0.39, 0.29) is 18.2 Å². The summed E-state index contributed by atoms with van der Waals surface area (Å²) in [6.45, 7) is 2.16. The Morgan fingerprint density at radius 3 is 2.79 bits per heavy atom. The zero-order chi connectivity index (χ0) is 11.0. The van der Waals surface area contributed by atoms with Gasteiger partial charge in [0.1, 0.15) is 5.84 Å². The van der Waals surface area contributed by atoms with Gasteiger partial charge in [0.25, 0.3) is 0 Å². The van der Waals surface area contributed by atoms with E-state index in [1.807, 2.05) is 6.92 Å². The Kier molecular flexibility index (Phi) is 6.73. The van der Waals surface area contributed by atoms with Gasteiger partial charge in [0.2, 0.25) is 5.91 Å². The van der Waals surface area contributed by atoms with Crippen molar-refractivity contribution in [3.63, 3.8) is 0 Å². The molecule has 0 bridgehead atoms. The van der Waals surface area contributed by atoms with Gasteiger partial charge in [-0.05, 0) is 0 Å². The van der Waals surface area contributed by atoms with Gasteiger partial charge in [0, 0.05) is 28.9 Å². The van der Waals surface area contributed by atoms with Crippen LogP contribution in [0.1, 0.15) is 13.3 Å². The molecule has 0 saturated carbocycles. The highest BCUT2D eigenvalue weighted by molar-refractivity contribution is 7.84. The number of nitrogens with one attached hydrogen (secondary N) is 1. The number of carbonyl (C=O) groups is 1. The minimum Gasteiger partial charge on any atom is -0.409 e. The van der Waals surface area contributed by atoms with Crippen molar-refractivity contribution in [2.45, 2.75) is 13.3 Å². The lowest BCUT2D eigenvalue weighted by molar-refractivity contribution is -0.119. The summed E-state index contributed by atoms with van der Waals surface area (Å²) in [7, 11) is -0.883. The van der Waals surface area contributed by atoms with Crippen LogP contribution in [0.15, 0.2) is 5.16 Å². The third-order valence-corrected chi connectivity index (χ3v) is 2.75. The highest BCUT2D eigenvalue weighted by Crippen LogP contribution is 1.82. The zero-order valence-corrected chi connectivity index (χ0v) is 8.84. The smallest absolute Gasteiger partial charge is 0.227 e. The fourth-order valence-electron chi connectivity index (χ4n) is 0.711. The Hall–Kier alpha value is -1.11. The van der Waals surface area contributed by atoms with Crippen molar-refractivity contribution in [1.29, 1.82) is 0 Å². The highest BCUT2D eigenvalue weighted by Gasteiger charge is 2.04. The summed E-state index contributed by atoms with van der Waals surface area (Å²) in [4.78, 5) is 11.0. The molecule has 0 aromatic heterocycles. The summed E-state index contributed by atoms with van der Waals surface area (Å²) in [5, 5.41) is 13.3. The van der Waals surface area contributed by atoms with Crippen molar-refractivity contribution in [3.8, 4) is 0 Å². The fraction of sp³-hybridized carbons (Fsp3) is 0.714. The number of nitrogens with zero attached hydrogens (tertiary/aromatic N) is 1. The molecule has 0 aromatic rings. The highest BCUT2D eigenvalue weighted by atomic mass is 32.2. The van der Waals surface area contributed by atoms with E-state index < -0.39 is 10.8 Å². The second kappa shape index (κ2) is 7.31. The zero-order valence-electron chi connectivity index (χ0n) is 8.02. The van der Waals surface area contributed by atoms with Crippen LogP contribution < -0.4 is 11.1 Å². The number of amides is 1. The van der Waals surface area contributed by atoms with Crippen LogP contribution in [0.2, 0.25) is 0 Å². The van der Waals surface area contributed by atoms with Gasteiger partial charge in [-0.1, -0.05) is 12.1 Å². The molecule has 82 valence electrons. The summed E-state index contributed by atoms with van der Waals surface area (Å²) in [6.07, 6.45) is -0.144. The van der Waals surface area contributed by atoms with Crippen LogP contribution in [0.25, 0.3) is 0 Å². The maximum atomic E-state index is 11.0. The second-order valence-corrected chi connectivity index (χ2v) is 4.42. The molecule has 1 unspecified atom stereocenters. The Morgan fingerprint density at radius 1 is 1.64 bits per heavy atom. The van der Waals surface area contributed by atoms with Crippen molar-refractivity contribution >= 4 is 22.5 Å². The summed E-state index contributed by atoms with van der Waals surface area (Å²) < 4.78 is 10.9. The van der Waals surface area contributed by atoms with Crippen molar-refractivity contribution in [2.75, 3.05) is 18.1 Å². The first-order chi connectivity index (χ1) is 6.60. The number of hydrogen-bond acceptors (Lipinski definition) is 4. The van der Waals surface area contributed by atoms with Crippen molar-refractivity contribution in [1.82, 2.24) is 5.32 Å². The third-order valence-electron chi connectivity index (χ3n) is 1.44. The molecule has 6 nitrogen and oxygen atoms in total. The molecule has 0 heterocycles. The first kappa shape index (κ1) is 12.9. The van der Waals surface area contributed by atoms with E-state index in [4.69, 9.17) is 10.9 Å². The van der Waals surface area contributed by atoms with Crippen LogP contribution in [0.5, 0.6) is 0 Å². The van der Waals surface area contributed by atoms with Gasteiger partial charge in [-0.2, -0.15) is 0 Å². The molecule has 0 aliphatic rings. The Balaban J connectivity index is 3.60. The van der Waals surface area contributed by atoms with Crippen LogP contribution in [0, 0.1) is 0 Å². The Morgan fingerprint density at radius 2 is 2.29 bits per heavy atom. The van der Waals surface area contributed by atoms with Gasteiger partial charge < -0.3 is 16.3 Å². The Labute approximate surface area is 85.0 Å². The van der Waals surface area contributed by atoms with Gasteiger partial charge in [0.05, 0.1) is 6.42 Å². The van der Waals surface area contributed by atoms with Gasteiger partial charge in [0.15, 0.2) is 0 Å². The van der Waals surface area contributed by atoms with Crippen molar-refractivity contribution in [2.24, 2.45) is 10.9 Å². The number of rotatable bonds is 6. The summed E-state index contributed by atoms with van der Waals surface area (Å²) in [5.41, 5.74) is 5.11. The monoisotopic (exact) mass is 221 g/mol. The fourth-order valence-corrected chi connectivity index (χ4v) is 1.33. The minimum absolute atomic E-state index is 0.140. The number of oxime groups is 1. The number of hydrogen-bond donors (Lipinski definition) is 3. The normalized spacial score (nSPS) is 13.6. The van der Waals surface area contributed by atoms with E-state index in [0.29, 0.717) is 18.1 Å². The van der Waals surface area contributed by atoms with Gasteiger partial charge in [-0.25, -0.2) is 0 Å². The van der Waals surface area contributed by atoms with E-state index in [1.54, 1.807) is 0 Å². The molecule has 0 aliphatic heterocycles. The number of carbonyl (C=O) groups excluding carboxylic acids is 1. The summed E-state index contributed by atoms with van der Waals surface area (Å²) in [6, 6.07) is 0. The molecule has 0 spiro atoms. The lowest BCUT2D eigenvalue weighted by Gasteiger charge is -2.03. The SMILES string of the molecule is CCS(=O)CCNC(=O)CC(N)=NO. The van der Waals surface area contributed by atoms with E-state index in [0.717, 1.165) is 0 Å². The molecule has 7 heteroatoms. The van der Waals surface area contributed by atoms with Crippen LogP contribution in [-0.4, -0.2) is 39.2 Å². The predicted molar refractivity (Wildman–Crippen MR) is 54.6 cm³/mol. The maximum absolute atomic E-state index is 11.0. The molecule has 0 aliphatic carbocycles. The summed E-state index contributed by atoms with van der Waals surface area (Å²) >= 11 is 0. The maximum Gasteiger partial charge on any atom is 0.227 e. The topological polar surface area (TPSA) is 105 Å². The minimum atomic E-state index is -0.883. The lowest BCUT2D eigenvalue weighted by atomic mass is 10.4. The first-order valence-electron chi connectivity index (χ1n) is 4.18. The summed E-state index contributed by atoms with van der Waals surface area (Å²) in [5.74, 6) is 0.529. The first-order valence-corrected chi connectivity index (χ1v) is 5.67. The quantitative estimate of drug-likeness (QED) is 0.232. The second-order valence-electron chi connectivity index (χ2n) is 2.55. The number of amidine groups is 1. The molecule has 1 atom stereocenters. The average Bonchev–Trinajstić information content (AvgIpc) is 2.17. The van der Waals surface area contributed by atoms with Crippen molar-refractivity contribution in [3.05, 3.63) is 0 Å². The van der Waals surface area contributed by atoms with E-state index in [1.165, 1.54) is 0 Å². The molecular formula is C7H15N3O3S. The van der Waals surface area contributed by atoms with E-state index in [2.05, 4.69) is 10.5 Å². The predicted octanol–water partition coefficient (Wildman–Crippen LogP) is -0.992. The lowest BCUT2D eigenvalue weighted by Crippen LogP contribution is -2.31. The van der Waals surface area contributed by atoms with Crippen molar-refractivity contribution < 1.29 is 14.2 Å². The van der Waals surface area contributed by atoms with Gasteiger partial charge in [-0.15, -0.1) is 0 Å². The van der Waals surface area contributed by atoms with Crippen LogP contribution in [0.4, 0.5) is 0 Å². The molecule has 0 fully saturated rings. The Bertz CT molecular complexity index is 242. The standard InChI is InChI=1S/C7H15N3O3S/c1-2-14(13)4-3-9-7(11)5-6(8)10-12/h12H,2-5H2,1H3,(H2,8,10)(H,9,11). The average molecular weight is 221 g/mol. The number of nitrogens with two attached hydrogens (primary N) is 1. The van der Waals surface area contributed by atoms with E-state index >= 15 is 0 Å².